The average Bonchev–Trinajstić information content (AvgIpc) is 3.07. The van der Waals surface area contributed by atoms with Gasteiger partial charge in [0.25, 0.3) is 5.56 Å². The number of thiophene rings is 1. The number of aryl methyl sites for hydroxylation is 3. The highest BCUT2D eigenvalue weighted by Crippen LogP contribution is 2.44. The van der Waals surface area contributed by atoms with Gasteiger partial charge in [-0.25, -0.2) is 4.98 Å². The van der Waals surface area contributed by atoms with Crippen LogP contribution in [0.5, 0.6) is 0 Å². The molecule has 4 rings (SSSR count). The first-order chi connectivity index (χ1) is 11.6. The molecule has 0 aromatic carbocycles. The SMILES string of the molecule is O=C(CCc1nc2sc3c(c2c(=O)[nH]1)CCC3)NCC1(CO)CC1. The maximum absolute atomic E-state index is 12.4. The predicted molar refractivity (Wildman–Crippen MR) is 92.3 cm³/mol. The highest BCUT2D eigenvalue weighted by atomic mass is 32.1. The molecule has 1 fully saturated rings. The number of aliphatic hydroxyl groups excluding tert-OH is 1. The summed E-state index contributed by atoms with van der Waals surface area (Å²) in [5.74, 6) is 0.511. The molecule has 7 heteroatoms. The molecule has 2 aliphatic rings. The highest BCUT2D eigenvalue weighted by molar-refractivity contribution is 7.18. The average molecular weight is 347 g/mol. The molecule has 0 radical (unpaired) electrons. The number of carbonyl (C=O) groups is 1. The first-order valence-corrected chi connectivity index (χ1v) is 9.33. The predicted octanol–water partition coefficient (Wildman–Crippen LogP) is 1.29. The van der Waals surface area contributed by atoms with Gasteiger partial charge in [0.15, 0.2) is 0 Å². The lowest BCUT2D eigenvalue weighted by Crippen LogP contribution is -2.32. The van der Waals surface area contributed by atoms with Crippen molar-refractivity contribution in [2.24, 2.45) is 5.41 Å². The van der Waals surface area contributed by atoms with Crippen LogP contribution in [0.2, 0.25) is 0 Å². The summed E-state index contributed by atoms with van der Waals surface area (Å²) in [6, 6.07) is 0. The van der Waals surface area contributed by atoms with Crippen molar-refractivity contribution in [2.45, 2.75) is 44.9 Å². The van der Waals surface area contributed by atoms with Crippen molar-refractivity contribution >= 4 is 27.5 Å². The van der Waals surface area contributed by atoms with Crippen LogP contribution in [-0.4, -0.2) is 34.1 Å². The van der Waals surface area contributed by atoms with Crippen molar-refractivity contribution in [2.75, 3.05) is 13.2 Å². The van der Waals surface area contributed by atoms with E-state index in [1.807, 2.05) is 0 Å². The van der Waals surface area contributed by atoms with Gasteiger partial charge in [-0.2, -0.15) is 0 Å². The topological polar surface area (TPSA) is 95.1 Å². The van der Waals surface area contributed by atoms with Crippen molar-refractivity contribution in [3.05, 3.63) is 26.6 Å². The number of aromatic amines is 1. The van der Waals surface area contributed by atoms with Crippen LogP contribution in [0.15, 0.2) is 4.79 Å². The number of fused-ring (bicyclic) bond motifs is 3. The summed E-state index contributed by atoms with van der Waals surface area (Å²) in [5.41, 5.74) is 1.01. The zero-order valence-corrected chi connectivity index (χ0v) is 14.3. The molecule has 24 heavy (non-hydrogen) atoms. The van der Waals surface area contributed by atoms with E-state index in [0.29, 0.717) is 25.2 Å². The number of nitrogens with zero attached hydrogens (tertiary/aromatic N) is 1. The van der Waals surface area contributed by atoms with E-state index < -0.39 is 0 Å². The van der Waals surface area contributed by atoms with Gasteiger partial charge < -0.3 is 15.4 Å². The fourth-order valence-corrected chi connectivity index (χ4v) is 4.62. The summed E-state index contributed by atoms with van der Waals surface area (Å²) < 4.78 is 0. The number of rotatable bonds is 6. The molecular weight excluding hydrogens is 326 g/mol. The minimum Gasteiger partial charge on any atom is -0.396 e. The fourth-order valence-electron chi connectivity index (χ4n) is 3.34. The minimum atomic E-state index is -0.0847. The van der Waals surface area contributed by atoms with E-state index in [-0.39, 0.29) is 23.5 Å². The third kappa shape index (κ3) is 2.86. The number of hydrogen-bond donors (Lipinski definition) is 3. The molecule has 1 saturated carbocycles. The quantitative estimate of drug-likeness (QED) is 0.734. The Kier molecular flexibility index (Phi) is 3.92. The summed E-state index contributed by atoms with van der Waals surface area (Å²) in [6.45, 7) is 0.658. The van der Waals surface area contributed by atoms with Gasteiger partial charge in [0, 0.05) is 29.7 Å². The van der Waals surface area contributed by atoms with E-state index in [0.717, 1.165) is 42.3 Å². The van der Waals surface area contributed by atoms with E-state index in [1.54, 1.807) is 11.3 Å². The molecular formula is C17H21N3O3S. The Morgan fingerprint density at radius 2 is 2.21 bits per heavy atom. The number of aromatic nitrogens is 2. The van der Waals surface area contributed by atoms with E-state index in [9.17, 15) is 14.7 Å². The molecule has 0 atom stereocenters. The Morgan fingerprint density at radius 3 is 2.96 bits per heavy atom. The largest absolute Gasteiger partial charge is 0.396 e. The van der Waals surface area contributed by atoms with Crippen molar-refractivity contribution in [1.82, 2.24) is 15.3 Å². The molecule has 2 heterocycles. The van der Waals surface area contributed by atoms with Crippen LogP contribution in [0.1, 0.15) is 41.9 Å². The van der Waals surface area contributed by atoms with E-state index >= 15 is 0 Å². The second-order valence-electron chi connectivity index (χ2n) is 6.98. The van der Waals surface area contributed by atoms with Gasteiger partial charge in [-0.3, -0.25) is 9.59 Å². The van der Waals surface area contributed by atoms with Crippen LogP contribution >= 0.6 is 11.3 Å². The summed E-state index contributed by atoms with van der Waals surface area (Å²) in [4.78, 5) is 33.8. The molecule has 0 unspecified atom stereocenters. The molecule has 0 bridgehead atoms. The van der Waals surface area contributed by atoms with Crippen LogP contribution in [0.3, 0.4) is 0 Å². The van der Waals surface area contributed by atoms with Gasteiger partial charge in [-0.05, 0) is 37.7 Å². The molecule has 1 amide bonds. The van der Waals surface area contributed by atoms with Gasteiger partial charge in [0.2, 0.25) is 5.91 Å². The fraction of sp³-hybridized carbons (Fsp3) is 0.588. The van der Waals surface area contributed by atoms with E-state index in [1.165, 1.54) is 10.4 Å². The van der Waals surface area contributed by atoms with Crippen LogP contribution in [-0.2, 0) is 24.1 Å². The molecule has 128 valence electrons. The molecule has 2 aliphatic carbocycles. The Labute approximate surface area is 143 Å². The lowest BCUT2D eigenvalue weighted by Gasteiger charge is -2.12. The van der Waals surface area contributed by atoms with Crippen LogP contribution in [0, 0.1) is 5.41 Å². The smallest absolute Gasteiger partial charge is 0.259 e. The van der Waals surface area contributed by atoms with E-state index in [2.05, 4.69) is 15.3 Å². The third-order valence-corrected chi connectivity index (χ3v) is 6.35. The zero-order chi connectivity index (χ0) is 16.7. The lowest BCUT2D eigenvalue weighted by atomic mass is 10.1. The number of carbonyl (C=O) groups excluding carboxylic acids is 1. The minimum absolute atomic E-state index is 0.0638. The summed E-state index contributed by atoms with van der Waals surface area (Å²) in [6.07, 6.45) is 5.78. The Morgan fingerprint density at radius 1 is 1.38 bits per heavy atom. The van der Waals surface area contributed by atoms with E-state index in [4.69, 9.17) is 0 Å². The summed E-state index contributed by atoms with van der Waals surface area (Å²) >= 11 is 1.61. The summed E-state index contributed by atoms with van der Waals surface area (Å²) in [5, 5.41) is 12.9. The highest BCUT2D eigenvalue weighted by Gasteiger charge is 2.41. The second kappa shape index (κ2) is 5.97. The summed E-state index contributed by atoms with van der Waals surface area (Å²) in [7, 11) is 0. The van der Waals surface area contributed by atoms with Crippen molar-refractivity contribution < 1.29 is 9.90 Å². The van der Waals surface area contributed by atoms with Gasteiger partial charge in [0.05, 0.1) is 12.0 Å². The van der Waals surface area contributed by atoms with Gasteiger partial charge in [-0.15, -0.1) is 11.3 Å². The number of hydrogen-bond acceptors (Lipinski definition) is 5. The van der Waals surface area contributed by atoms with Crippen LogP contribution in [0.25, 0.3) is 10.2 Å². The Balaban J connectivity index is 1.41. The Bertz CT molecular complexity index is 851. The van der Waals surface area contributed by atoms with Gasteiger partial charge >= 0.3 is 0 Å². The normalized spacial score (nSPS) is 17.9. The second-order valence-corrected chi connectivity index (χ2v) is 8.07. The molecule has 6 nitrogen and oxygen atoms in total. The van der Waals surface area contributed by atoms with Crippen molar-refractivity contribution in [3.8, 4) is 0 Å². The molecule has 0 saturated heterocycles. The standard InChI is InChI=1S/C17H21N3O3S/c21-9-17(6-7-17)8-18-13(22)5-4-12-19-15(23)14-10-2-1-3-11(10)24-16(14)20-12/h21H,1-9H2,(H,18,22)(H,19,20,23). The number of aliphatic hydroxyl groups is 1. The molecule has 2 aromatic heterocycles. The Hall–Kier alpha value is -1.73. The maximum Gasteiger partial charge on any atom is 0.259 e. The molecule has 0 spiro atoms. The van der Waals surface area contributed by atoms with Crippen LogP contribution in [0.4, 0.5) is 0 Å². The maximum atomic E-state index is 12.4. The first-order valence-electron chi connectivity index (χ1n) is 8.51. The van der Waals surface area contributed by atoms with Crippen molar-refractivity contribution in [3.63, 3.8) is 0 Å². The molecule has 0 aliphatic heterocycles. The molecule has 2 aromatic rings. The third-order valence-electron chi connectivity index (χ3n) is 5.17. The first kappa shape index (κ1) is 15.8. The van der Waals surface area contributed by atoms with Gasteiger partial charge in [0.1, 0.15) is 10.7 Å². The van der Waals surface area contributed by atoms with Crippen molar-refractivity contribution in [1.29, 1.82) is 0 Å². The number of nitrogens with one attached hydrogen (secondary N) is 2. The molecule has 3 N–H and O–H groups in total. The van der Waals surface area contributed by atoms with Crippen LogP contribution < -0.4 is 10.9 Å². The van der Waals surface area contributed by atoms with Gasteiger partial charge in [-0.1, -0.05) is 0 Å². The lowest BCUT2D eigenvalue weighted by molar-refractivity contribution is -0.121. The monoisotopic (exact) mass is 347 g/mol. The number of H-pyrrole nitrogens is 1. The zero-order valence-electron chi connectivity index (χ0n) is 13.5. The number of amides is 1.